The summed E-state index contributed by atoms with van der Waals surface area (Å²) >= 11 is 3.37. The van der Waals surface area contributed by atoms with Crippen LogP contribution in [0.5, 0.6) is 0 Å². The van der Waals surface area contributed by atoms with Crippen molar-refractivity contribution in [2.75, 3.05) is 13.1 Å². The minimum atomic E-state index is -0.678. The monoisotopic (exact) mass is 312 g/mol. The highest BCUT2D eigenvalue weighted by molar-refractivity contribution is 9.10. The zero-order chi connectivity index (χ0) is 13.0. The van der Waals surface area contributed by atoms with Crippen molar-refractivity contribution in [3.8, 4) is 0 Å². The van der Waals surface area contributed by atoms with Crippen molar-refractivity contribution in [1.29, 1.82) is 0 Å². The second kappa shape index (κ2) is 6.29. The number of hydrogen-bond acceptors (Lipinski definition) is 3. The Balaban J connectivity index is 1.79. The quantitative estimate of drug-likeness (QED) is 0.928. The molecule has 0 radical (unpaired) electrons. The molecule has 2 heterocycles. The first-order chi connectivity index (χ1) is 8.63. The average molecular weight is 313 g/mol. The molecule has 4 nitrogen and oxygen atoms in total. The average Bonchev–Trinajstić information content (AvgIpc) is 2.34. The molecule has 1 N–H and O–H groups in total. The molecule has 0 aromatic carbocycles. The number of aliphatic carboxylic acids is 1. The Labute approximate surface area is 115 Å². The molecule has 1 aliphatic rings. The van der Waals surface area contributed by atoms with E-state index >= 15 is 0 Å². The molecule has 0 amide bonds. The van der Waals surface area contributed by atoms with Crippen molar-refractivity contribution >= 4 is 21.9 Å². The molecule has 5 heteroatoms. The van der Waals surface area contributed by atoms with Gasteiger partial charge in [-0.2, -0.15) is 0 Å². The van der Waals surface area contributed by atoms with Crippen LogP contribution in [0.1, 0.15) is 25.0 Å². The van der Waals surface area contributed by atoms with Crippen molar-refractivity contribution < 1.29 is 9.90 Å². The first-order valence-corrected chi connectivity index (χ1v) is 6.97. The van der Waals surface area contributed by atoms with Crippen LogP contribution < -0.4 is 0 Å². The zero-order valence-corrected chi connectivity index (χ0v) is 11.8. The summed E-state index contributed by atoms with van der Waals surface area (Å²) in [5, 5.41) is 8.76. The molecule has 0 spiro atoms. The van der Waals surface area contributed by atoms with Gasteiger partial charge >= 0.3 is 5.97 Å². The van der Waals surface area contributed by atoms with E-state index in [1.807, 2.05) is 18.3 Å². The van der Waals surface area contributed by atoms with Crippen molar-refractivity contribution in [1.82, 2.24) is 9.88 Å². The van der Waals surface area contributed by atoms with Gasteiger partial charge in [0.05, 0.1) is 5.69 Å². The predicted molar refractivity (Wildman–Crippen MR) is 72.2 cm³/mol. The highest BCUT2D eigenvalue weighted by atomic mass is 79.9. The van der Waals surface area contributed by atoms with Crippen LogP contribution in [0.15, 0.2) is 22.8 Å². The Bertz CT molecular complexity index is 400. The number of hydrogen-bond donors (Lipinski definition) is 1. The number of piperidine rings is 1. The summed E-state index contributed by atoms with van der Waals surface area (Å²) < 4.78 is 0.992. The van der Waals surface area contributed by atoms with Crippen LogP contribution in [-0.2, 0) is 11.3 Å². The molecule has 0 unspecified atom stereocenters. The van der Waals surface area contributed by atoms with E-state index in [4.69, 9.17) is 5.11 Å². The van der Waals surface area contributed by atoms with Crippen LogP contribution >= 0.6 is 15.9 Å². The van der Waals surface area contributed by atoms with Crippen LogP contribution in [-0.4, -0.2) is 34.0 Å². The number of carbonyl (C=O) groups is 1. The smallest absolute Gasteiger partial charge is 0.303 e. The Morgan fingerprint density at radius 2 is 2.17 bits per heavy atom. The number of rotatable bonds is 4. The first-order valence-electron chi connectivity index (χ1n) is 6.18. The third-order valence-electron chi connectivity index (χ3n) is 3.34. The maximum atomic E-state index is 10.6. The standard InChI is InChI=1S/C13H17BrN2O2/c14-11-1-2-12(15-8-11)9-16-5-3-10(4-6-16)7-13(17)18/h1-2,8,10H,3-7,9H2,(H,17,18). The summed E-state index contributed by atoms with van der Waals surface area (Å²) in [5.41, 5.74) is 1.06. The molecule has 1 aliphatic heterocycles. The molecule has 0 bridgehead atoms. The van der Waals surface area contributed by atoms with Crippen LogP contribution in [0.3, 0.4) is 0 Å². The lowest BCUT2D eigenvalue weighted by Crippen LogP contribution is -2.34. The van der Waals surface area contributed by atoms with Gasteiger partial charge in [0.25, 0.3) is 0 Å². The molecule has 0 aliphatic carbocycles. The fourth-order valence-electron chi connectivity index (χ4n) is 2.32. The van der Waals surface area contributed by atoms with Crippen LogP contribution in [0.25, 0.3) is 0 Å². The number of halogens is 1. The van der Waals surface area contributed by atoms with E-state index in [0.717, 1.165) is 42.6 Å². The fourth-order valence-corrected chi connectivity index (χ4v) is 2.56. The summed E-state index contributed by atoms with van der Waals surface area (Å²) in [4.78, 5) is 17.3. The molecule has 1 aromatic rings. The van der Waals surface area contributed by atoms with Crippen molar-refractivity contribution in [3.05, 3.63) is 28.5 Å². The Morgan fingerprint density at radius 3 is 2.72 bits per heavy atom. The number of nitrogens with zero attached hydrogens (tertiary/aromatic N) is 2. The lowest BCUT2D eigenvalue weighted by Gasteiger charge is -2.30. The minimum absolute atomic E-state index is 0.310. The van der Waals surface area contributed by atoms with Crippen molar-refractivity contribution in [2.24, 2.45) is 5.92 Å². The van der Waals surface area contributed by atoms with Gasteiger partial charge in [0.1, 0.15) is 0 Å². The summed E-state index contributed by atoms with van der Waals surface area (Å²) in [6.07, 6.45) is 4.07. The highest BCUT2D eigenvalue weighted by Crippen LogP contribution is 2.21. The molecule has 0 atom stereocenters. The van der Waals surface area contributed by atoms with Gasteiger partial charge in [-0.05, 0) is 59.9 Å². The summed E-state index contributed by atoms with van der Waals surface area (Å²) in [6.45, 7) is 2.79. The van der Waals surface area contributed by atoms with Gasteiger partial charge in [-0.3, -0.25) is 14.7 Å². The molecular formula is C13H17BrN2O2. The van der Waals surface area contributed by atoms with Gasteiger partial charge in [-0.15, -0.1) is 0 Å². The van der Waals surface area contributed by atoms with Gasteiger partial charge in [0.15, 0.2) is 0 Å². The van der Waals surface area contributed by atoms with Gasteiger partial charge in [-0.25, -0.2) is 0 Å². The highest BCUT2D eigenvalue weighted by Gasteiger charge is 2.21. The molecule has 1 saturated heterocycles. The van der Waals surface area contributed by atoms with Crippen LogP contribution in [0.2, 0.25) is 0 Å². The van der Waals surface area contributed by atoms with Crippen molar-refractivity contribution in [2.45, 2.75) is 25.8 Å². The van der Waals surface area contributed by atoms with Gasteiger partial charge in [0.2, 0.25) is 0 Å². The number of carboxylic acids is 1. The number of aromatic nitrogens is 1. The van der Waals surface area contributed by atoms with E-state index in [-0.39, 0.29) is 0 Å². The third kappa shape index (κ3) is 4.07. The van der Waals surface area contributed by atoms with E-state index in [1.54, 1.807) is 0 Å². The van der Waals surface area contributed by atoms with Gasteiger partial charge in [-0.1, -0.05) is 0 Å². The van der Waals surface area contributed by atoms with Gasteiger partial charge < -0.3 is 5.11 Å². The second-order valence-corrected chi connectivity index (χ2v) is 5.70. The predicted octanol–water partition coefficient (Wildman–Crippen LogP) is 2.53. The van der Waals surface area contributed by atoms with E-state index in [2.05, 4.69) is 25.8 Å². The second-order valence-electron chi connectivity index (χ2n) is 4.79. The van der Waals surface area contributed by atoms with E-state index in [9.17, 15) is 4.79 Å². The molecule has 2 rings (SSSR count). The molecule has 0 saturated carbocycles. The number of carboxylic acid groups (broad SMARTS) is 1. The lowest BCUT2D eigenvalue weighted by molar-refractivity contribution is -0.138. The Hall–Kier alpha value is -0.940. The summed E-state index contributed by atoms with van der Waals surface area (Å²) in [5.74, 6) is -0.334. The van der Waals surface area contributed by atoms with Crippen molar-refractivity contribution in [3.63, 3.8) is 0 Å². The van der Waals surface area contributed by atoms with E-state index in [1.165, 1.54) is 0 Å². The number of pyridine rings is 1. The summed E-state index contributed by atoms with van der Waals surface area (Å²) in [6, 6.07) is 4.02. The van der Waals surface area contributed by atoms with Crippen LogP contribution in [0, 0.1) is 5.92 Å². The maximum Gasteiger partial charge on any atom is 0.303 e. The lowest BCUT2D eigenvalue weighted by atomic mass is 9.93. The fraction of sp³-hybridized carbons (Fsp3) is 0.538. The molecule has 18 heavy (non-hydrogen) atoms. The SMILES string of the molecule is O=C(O)CC1CCN(Cc2ccc(Br)cn2)CC1. The number of likely N-dealkylation sites (tertiary alicyclic amines) is 1. The maximum absolute atomic E-state index is 10.6. The summed E-state index contributed by atoms with van der Waals surface area (Å²) in [7, 11) is 0. The Kier molecular flexibility index (Phi) is 4.72. The molecular weight excluding hydrogens is 296 g/mol. The van der Waals surface area contributed by atoms with Gasteiger partial charge in [0, 0.05) is 23.6 Å². The topological polar surface area (TPSA) is 53.4 Å². The van der Waals surface area contributed by atoms with E-state index < -0.39 is 5.97 Å². The minimum Gasteiger partial charge on any atom is -0.481 e. The molecule has 98 valence electrons. The van der Waals surface area contributed by atoms with E-state index in [0.29, 0.717) is 12.3 Å². The zero-order valence-electron chi connectivity index (χ0n) is 10.2. The normalized spacial score (nSPS) is 17.8. The Morgan fingerprint density at radius 1 is 1.44 bits per heavy atom. The third-order valence-corrected chi connectivity index (χ3v) is 3.81. The largest absolute Gasteiger partial charge is 0.481 e. The molecule has 1 aromatic heterocycles. The first kappa shape index (κ1) is 13.5. The van der Waals surface area contributed by atoms with Crippen LogP contribution in [0.4, 0.5) is 0 Å². The molecule has 1 fully saturated rings.